The number of rotatable bonds is 4. The van der Waals surface area contributed by atoms with Crippen molar-refractivity contribution in [1.82, 2.24) is 9.78 Å². The van der Waals surface area contributed by atoms with Gasteiger partial charge in [0.1, 0.15) is 0 Å². The maximum absolute atomic E-state index is 11.1. The quantitative estimate of drug-likeness (QED) is 0.875. The molecule has 2 rings (SSSR count). The molecule has 0 saturated carbocycles. The van der Waals surface area contributed by atoms with Crippen molar-refractivity contribution in [1.29, 1.82) is 0 Å². The molecule has 1 amide bonds. The highest BCUT2D eigenvalue weighted by molar-refractivity contribution is 5.95. The molecule has 0 aliphatic carbocycles. The van der Waals surface area contributed by atoms with Gasteiger partial charge in [-0.05, 0) is 17.0 Å². The van der Waals surface area contributed by atoms with Crippen LogP contribution in [0.2, 0.25) is 0 Å². The van der Waals surface area contributed by atoms with E-state index in [0.29, 0.717) is 18.2 Å². The Hall–Kier alpha value is -2.30. The molecule has 1 aromatic heterocycles. The average Bonchev–Trinajstić information content (AvgIpc) is 2.71. The van der Waals surface area contributed by atoms with Crippen LogP contribution in [0.5, 0.6) is 0 Å². The zero-order chi connectivity index (χ0) is 14.0. The zero-order valence-electron chi connectivity index (χ0n) is 11.1. The Balaban J connectivity index is 2.17. The maximum Gasteiger partial charge on any atom is 0.271 e. The van der Waals surface area contributed by atoms with Crippen LogP contribution in [0.25, 0.3) is 0 Å². The zero-order valence-corrected chi connectivity index (χ0v) is 11.1. The minimum atomic E-state index is -0.605. The van der Waals surface area contributed by atoms with Crippen LogP contribution in [-0.4, -0.2) is 15.7 Å². The number of nitrogens with zero attached hydrogens (tertiary/aromatic N) is 2. The van der Waals surface area contributed by atoms with Crippen LogP contribution in [0.3, 0.4) is 0 Å². The molecule has 0 radical (unpaired) electrons. The van der Waals surface area contributed by atoms with Crippen LogP contribution >= 0.6 is 0 Å². The second kappa shape index (κ2) is 5.14. The van der Waals surface area contributed by atoms with Gasteiger partial charge >= 0.3 is 0 Å². The molecule has 0 spiro atoms. The van der Waals surface area contributed by atoms with Crippen LogP contribution in [0, 0.1) is 0 Å². The van der Waals surface area contributed by atoms with E-state index in [1.54, 1.807) is 10.9 Å². The Bertz CT molecular complexity index is 584. The van der Waals surface area contributed by atoms with Crippen molar-refractivity contribution in [3.63, 3.8) is 0 Å². The summed E-state index contributed by atoms with van der Waals surface area (Å²) in [5.41, 5.74) is 13.7. The lowest BCUT2D eigenvalue weighted by Gasteiger charge is -2.07. The molecule has 0 fully saturated rings. The van der Waals surface area contributed by atoms with Crippen LogP contribution < -0.4 is 11.5 Å². The van der Waals surface area contributed by atoms with E-state index in [1.165, 1.54) is 5.56 Å². The SMILES string of the molecule is CC(C)c1ccc(Cn2cc(N)c(C(N)=O)n2)cc1. The predicted molar refractivity (Wildman–Crippen MR) is 74.8 cm³/mol. The number of carbonyl (C=O) groups excluding carboxylic acids is 1. The van der Waals surface area contributed by atoms with E-state index in [1.807, 2.05) is 0 Å². The summed E-state index contributed by atoms with van der Waals surface area (Å²) in [6.07, 6.45) is 1.62. The predicted octanol–water partition coefficient (Wildman–Crippen LogP) is 1.74. The molecule has 5 heteroatoms. The summed E-state index contributed by atoms with van der Waals surface area (Å²) in [6, 6.07) is 8.30. The maximum atomic E-state index is 11.1. The minimum absolute atomic E-state index is 0.124. The van der Waals surface area contributed by atoms with Gasteiger partial charge in [-0.15, -0.1) is 0 Å². The highest BCUT2D eigenvalue weighted by Gasteiger charge is 2.11. The molecular weight excluding hydrogens is 240 g/mol. The number of amides is 1. The first kappa shape index (κ1) is 13.1. The first-order valence-corrected chi connectivity index (χ1v) is 6.19. The van der Waals surface area contributed by atoms with Crippen molar-refractivity contribution in [2.24, 2.45) is 5.73 Å². The Morgan fingerprint density at radius 3 is 2.42 bits per heavy atom. The number of hydrogen-bond acceptors (Lipinski definition) is 3. The van der Waals surface area contributed by atoms with Gasteiger partial charge in [-0.25, -0.2) is 0 Å². The van der Waals surface area contributed by atoms with E-state index in [4.69, 9.17) is 11.5 Å². The van der Waals surface area contributed by atoms with Crippen molar-refractivity contribution < 1.29 is 4.79 Å². The first-order valence-electron chi connectivity index (χ1n) is 6.19. The molecule has 0 aliphatic rings. The number of nitrogens with two attached hydrogens (primary N) is 2. The highest BCUT2D eigenvalue weighted by Crippen LogP contribution is 2.16. The number of anilines is 1. The molecule has 4 N–H and O–H groups in total. The molecule has 1 heterocycles. The second-order valence-electron chi connectivity index (χ2n) is 4.89. The van der Waals surface area contributed by atoms with Gasteiger partial charge in [0, 0.05) is 6.20 Å². The van der Waals surface area contributed by atoms with E-state index in [9.17, 15) is 4.79 Å². The van der Waals surface area contributed by atoms with Gasteiger partial charge < -0.3 is 11.5 Å². The molecule has 19 heavy (non-hydrogen) atoms. The molecule has 100 valence electrons. The fourth-order valence-electron chi connectivity index (χ4n) is 1.90. The number of carbonyl (C=O) groups is 1. The summed E-state index contributed by atoms with van der Waals surface area (Å²) in [5.74, 6) is -0.0951. The largest absolute Gasteiger partial charge is 0.396 e. The monoisotopic (exact) mass is 258 g/mol. The van der Waals surface area contributed by atoms with Gasteiger partial charge in [0.05, 0.1) is 12.2 Å². The summed E-state index contributed by atoms with van der Waals surface area (Å²) in [4.78, 5) is 11.1. The van der Waals surface area contributed by atoms with Crippen molar-refractivity contribution in [2.75, 3.05) is 5.73 Å². The van der Waals surface area contributed by atoms with Gasteiger partial charge in [-0.1, -0.05) is 38.1 Å². The Morgan fingerprint density at radius 2 is 1.95 bits per heavy atom. The van der Waals surface area contributed by atoms with E-state index in [0.717, 1.165) is 5.56 Å². The van der Waals surface area contributed by atoms with Crippen LogP contribution in [-0.2, 0) is 6.54 Å². The molecule has 0 aliphatic heterocycles. The van der Waals surface area contributed by atoms with E-state index < -0.39 is 5.91 Å². The average molecular weight is 258 g/mol. The smallest absolute Gasteiger partial charge is 0.271 e. The summed E-state index contributed by atoms with van der Waals surface area (Å²) in [7, 11) is 0. The molecule has 2 aromatic rings. The summed E-state index contributed by atoms with van der Waals surface area (Å²) in [6.45, 7) is 4.88. The van der Waals surface area contributed by atoms with E-state index in [-0.39, 0.29) is 5.69 Å². The van der Waals surface area contributed by atoms with Crippen molar-refractivity contribution in [3.05, 3.63) is 47.3 Å². The lowest BCUT2D eigenvalue weighted by atomic mass is 10.0. The fraction of sp³-hybridized carbons (Fsp3) is 0.286. The molecule has 1 aromatic carbocycles. The van der Waals surface area contributed by atoms with Gasteiger partial charge in [-0.3, -0.25) is 9.48 Å². The lowest BCUT2D eigenvalue weighted by Crippen LogP contribution is -2.14. The summed E-state index contributed by atoms with van der Waals surface area (Å²) >= 11 is 0. The molecular formula is C14H18N4O. The van der Waals surface area contributed by atoms with Gasteiger partial charge in [0.25, 0.3) is 5.91 Å². The third kappa shape index (κ3) is 2.93. The first-order chi connectivity index (χ1) is 8.97. The van der Waals surface area contributed by atoms with Gasteiger partial charge in [-0.2, -0.15) is 5.10 Å². The van der Waals surface area contributed by atoms with Crippen LogP contribution in [0.15, 0.2) is 30.5 Å². The molecule has 0 bridgehead atoms. The fourth-order valence-corrected chi connectivity index (χ4v) is 1.90. The van der Waals surface area contributed by atoms with Crippen molar-refractivity contribution in [3.8, 4) is 0 Å². The number of primary amides is 1. The topological polar surface area (TPSA) is 86.9 Å². The highest BCUT2D eigenvalue weighted by atomic mass is 16.1. The number of nitrogen functional groups attached to an aromatic ring is 1. The van der Waals surface area contributed by atoms with Crippen LogP contribution in [0.1, 0.15) is 41.4 Å². The van der Waals surface area contributed by atoms with Crippen molar-refractivity contribution >= 4 is 11.6 Å². The standard InChI is InChI=1S/C14H18N4O/c1-9(2)11-5-3-10(4-6-11)7-18-8-12(15)13(17-18)14(16)19/h3-6,8-9H,7,15H2,1-2H3,(H2,16,19). The van der Waals surface area contributed by atoms with Gasteiger partial charge in [0.2, 0.25) is 0 Å². The van der Waals surface area contributed by atoms with Crippen molar-refractivity contribution in [2.45, 2.75) is 26.3 Å². The van der Waals surface area contributed by atoms with E-state index in [2.05, 4.69) is 43.2 Å². The Kier molecular flexibility index (Phi) is 3.55. The lowest BCUT2D eigenvalue weighted by molar-refractivity contribution is 0.0995. The normalized spacial score (nSPS) is 10.9. The van der Waals surface area contributed by atoms with Crippen LogP contribution in [0.4, 0.5) is 5.69 Å². The molecule has 0 saturated heterocycles. The Morgan fingerprint density at radius 1 is 1.32 bits per heavy atom. The van der Waals surface area contributed by atoms with E-state index >= 15 is 0 Å². The van der Waals surface area contributed by atoms with Gasteiger partial charge in [0.15, 0.2) is 5.69 Å². The molecule has 5 nitrogen and oxygen atoms in total. The summed E-state index contributed by atoms with van der Waals surface area (Å²) in [5, 5.41) is 4.08. The Labute approximate surface area is 112 Å². The molecule has 0 atom stereocenters. The number of aromatic nitrogens is 2. The third-order valence-electron chi connectivity index (χ3n) is 3.01. The molecule has 0 unspecified atom stereocenters. The number of hydrogen-bond donors (Lipinski definition) is 2. The minimum Gasteiger partial charge on any atom is -0.396 e. The second-order valence-corrected chi connectivity index (χ2v) is 4.89. The number of benzene rings is 1. The third-order valence-corrected chi connectivity index (χ3v) is 3.01. The summed E-state index contributed by atoms with van der Waals surface area (Å²) < 4.78 is 1.62.